The highest BCUT2D eigenvalue weighted by Gasteiger charge is 2.15. The van der Waals surface area contributed by atoms with Gasteiger partial charge in [-0.2, -0.15) is 5.10 Å². The fourth-order valence-corrected chi connectivity index (χ4v) is 3.11. The van der Waals surface area contributed by atoms with Gasteiger partial charge in [-0.15, -0.1) is 11.3 Å². The Labute approximate surface area is 145 Å². The highest BCUT2D eigenvalue weighted by atomic mass is 32.1. The standard InChI is InChI=1S/C15H16N6O3S/c1-9(10-5-4-6-25-10)17-18-11(22)7-21-8-16-12-13(21)19(2)15(24)20(3)14(12)23/h4-6,8H,7H2,1-3H3,(H,18,22)/b17-9+. The minimum Gasteiger partial charge on any atom is -0.307 e. The number of hydrogen-bond acceptors (Lipinski definition) is 6. The van der Waals surface area contributed by atoms with Gasteiger partial charge in [-0.1, -0.05) is 6.07 Å². The lowest BCUT2D eigenvalue weighted by Crippen LogP contribution is -2.37. The first-order valence-electron chi connectivity index (χ1n) is 7.38. The van der Waals surface area contributed by atoms with E-state index in [0.717, 1.165) is 9.44 Å². The van der Waals surface area contributed by atoms with Crippen LogP contribution in [0.15, 0.2) is 38.5 Å². The predicted octanol–water partition coefficient (Wildman–Crippen LogP) is 0.0356. The van der Waals surface area contributed by atoms with Gasteiger partial charge in [0, 0.05) is 19.0 Å². The predicted molar refractivity (Wildman–Crippen MR) is 94.9 cm³/mol. The van der Waals surface area contributed by atoms with Crippen LogP contribution in [0.5, 0.6) is 0 Å². The molecule has 0 unspecified atom stereocenters. The van der Waals surface area contributed by atoms with E-state index in [4.69, 9.17) is 0 Å². The number of carbonyl (C=O) groups excluding carboxylic acids is 1. The molecule has 9 nitrogen and oxygen atoms in total. The van der Waals surface area contributed by atoms with Crippen molar-refractivity contribution in [3.8, 4) is 0 Å². The number of hydrogen-bond donors (Lipinski definition) is 1. The third-order valence-corrected chi connectivity index (χ3v) is 4.73. The van der Waals surface area contributed by atoms with E-state index in [1.807, 2.05) is 17.5 Å². The molecule has 0 aliphatic carbocycles. The maximum absolute atomic E-state index is 12.1. The van der Waals surface area contributed by atoms with Crippen LogP contribution in [-0.2, 0) is 25.4 Å². The molecule has 3 aromatic rings. The first-order chi connectivity index (χ1) is 11.9. The van der Waals surface area contributed by atoms with E-state index < -0.39 is 11.2 Å². The number of amides is 1. The van der Waals surface area contributed by atoms with Crippen LogP contribution in [0.4, 0.5) is 0 Å². The van der Waals surface area contributed by atoms with Gasteiger partial charge in [-0.3, -0.25) is 18.7 Å². The van der Waals surface area contributed by atoms with E-state index >= 15 is 0 Å². The maximum atomic E-state index is 12.1. The largest absolute Gasteiger partial charge is 0.332 e. The number of carbonyl (C=O) groups is 1. The smallest absolute Gasteiger partial charge is 0.307 e. The van der Waals surface area contributed by atoms with Crippen molar-refractivity contribution in [2.24, 2.45) is 19.2 Å². The number of fused-ring (bicyclic) bond motifs is 1. The van der Waals surface area contributed by atoms with E-state index in [-0.39, 0.29) is 18.0 Å². The molecule has 0 aliphatic heterocycles. The fourth-order valence-electron chi connectivity index (χ4n) is 2.43. The van der Waals surface area contributed by atoms with E-state index in [2.05, 4.69) is 15.5 Å². The van der Waals surface area contributed by atoms with Gasteiger partial charge < -0.3 is 4.57 Å². The molecule has 3 heterocycles. The van der Waals surface area contributed by atoms with Crippen LogP contribution in [-0.4, -0.2) is 30.3 Å². The summed E-state index contributed by atoms with van der Waals surface area (Å²) in [5, 5.41) is 5.98. The zero-order valence-corrected chi connectivity index (χ0v) is 14.7. The normalized spacial score (nSPS) is 11.9. The third kappa shape index (κ3) is 3.03. The van der Waals surface area contributed by atoms with E-state index in [1.165, 1.54) is 40.9 Å². The quantitative estimate of drug-likeness (QED) is 0.524. The lowest BCUT2D eigenvalue weighted by molar-refractivity contribution is -0.121. The van der Waals surface area contributed by atoms with Crippen molar-refractivity contribution in [1.82, 2.24) is 24.1 Å². The lowest BCUT2D eigenvalue weighted by atomic mass is 10.3. The Bertz CT molecular complexity index is 1090. The van der Waals surface area contributed by atoms with Crippen molar-refractivity contribution >= 4 is 34.1 Å². The average molecular weight is 360 g/mol. The summed E-state index contributed by atoms with van der Waals surface area (Å²) in [6, 6.07) is 3.81. The summed E-state index contributed by atoms with van der Waals surface area (Å²) in [5.41, 5.74) is 2.62. The molecule has 10 heteroatoms. The summed E-state index contributed by atoms with van der Waals surface area (Å²) in [6.45, 7) is 1.68. The second-order valence-corrected chi connectivity index (χ2v) is 6.41. The molecular weight excluding hydrogens is 344 g/mol. The maximum Gasteiger partial charge on any atom is 0.332 e. The van der Waals surface area contributed by atoms with Crippen molar-refractivity contribution in [2.75, 3.05) is 0 Å². The van der Waals surface area contributed by atoms with E-state index in [9.17, 15) is 14.4 Å². The molecule has 0 aliphatic rings. The zero-order valence-electron chi connectivity index (χ0n) is 13.9. The zero-order chi connectivity index (χ0) is 18.1. The molecule has 0 saturated heterocycles. The van der Waals surface area contributed by atoms with Gasteiger partial charge in [-0.25, -0.2) is 15.2 Å². The molecular formula is C15H16N6O3S. The van der Waals surface area contributed by atoms with Gasteiger partial charge in [0.2, 0.25) is 0 Å². The summed E-state index contributed by atoms with van der Waals surface area (Å²) in [4.78, 5) is 41.3. The van der Waals surface area contributed by atoms with Gasteiger partial charge in [0.05, 0.1) is 12.0 Å². The Morgan fingerprint density at radius 3 is 2.76 bits per heavy atom. The summed E-state index contributed by atoms with van der Waals surface area (Å²) in [5.74, 6) is -0.386. The highest BCUT2D eigenvalue weighted by molar-refractivity contribution is 7.12. The minimum atomic E-state index is -0.496. The van der Waals surface area contributed by atoms with Gasteiger partial charge in [0.1, 0.15) is 12.2 Å². The molecule has 0 bridgehead atoms. The molecule has 0 spiro atoms. The van der Waals surface area contributed by atoms with Crippen molar-refractivity contribution in [3.63, 3.8) is 0 Å². The van der Waals surface area contributed by atoms with Gasteiger partial charge in [0.25, 0.3) is 11.5 Å². The van der Waals surface area contributed by atoms with Crippen molar-refractivity contribution in [2.45, 2.75) is 13.5 Å². The Kier molecular flexibility index (Phi) is 4.36. The molecule has 3 rings (SSSR count). The molecule has 25 heavy (non-hydrogen) atoms. The molecule has 1 amide bonds. The first-order valence-corrected chi connectivity index (χ1v) is 8.26. The molecule has 0 saturated carbocycles. The van der Waals surface area contributed by atoms with Crippen LogP contribution in [0.2, 0.25) is 0 Å². The topological polar surface area (TPSA) is 103 Å². The van der Waals surface area contributed by atoms with Crippen LogP contribution in [0.1, 0.15) is 11.8 Å². The summed E-state index contributed by atoms with van der Waals surface area (Å²) < 4.78 is 3.72. The second-order valence-electron chi connectivity index (χ2n) is 5.46. The molecule has 1 N–H and O–H groups in total. The minimum absolute atomic E-state index is 0.113. The molecule has 130 valence electrons. The molecule has 0 fully saturated rings. The van der Waals surface area contributed by atoms with E-state index in [1.54, 1.807) is 6.92 Å². The SMILES string of the molecule is C/C(=N\NC(=O)Cn1cnc2c(=O)n(C)c(=O)n(C)c21)c1cccs1. The first kappa shape index (κ1) is 16.8. The number of thiophene rings is 1. The van der Waals surface area contributed by atoms with Crippen molar-refractivity contribution in [1.29, 1.82) is 0 Å². The van der Waals surface area contributed by atoms with Gasteiger partial charge >= 0.3 is 5.69 Å². The third-order valence-electron chi connectivity index (χ3n) is 3.75. The lowest BCUT2D eigenvalue weighted by Gasteiger charge is -2.08. The monoisotopic (exact) mass is 360 g/mol. The van der Waals surface area contributed by atoms with Gasteiger partial charge in [0.15, 0.2) is 5.52 Å². The second kappa shape index (κ2) is 6.48. The number of nitrogens with zero attached hydrogens (tertiary/aromatic N) is 5. The van der Waals surface area contributed by atoms with Crippen molar-refractivity contribution < 1.29 is 4.79 Å². The molecule has 0 atom stereocenters. The summed E-state index contributed by atoms with van der Waals surface area (Å²) in [6.07, 6.45) is 1.36. The Morgan fingerprint density at radius 2 is 2.08 bits per heavy atom. The van der Waals surface area contributed by atoms with Crippen LogP contribution >= 0.6 is 11.3 Å². The number of aromatic nitrogens is 4. The molecule has 0 radical (unpaired) electrons. The number of hydrazone groups is 1. The summed E-state index contributed by atoms with van der Waals surface area (Å²) >= 11 is 1.52. The van der Waals surface area contributed by atoms with Crippen LogP contribution < -0.4 is 16.7 Å². The Balaban J connectivity index is 1.86. The Hall–Kier alpha value is -3.01. The number of imidazole rings is 1. The van der Waals surface area contributed by atoms with Crippen molar-refractivity contribution in [3.05, 3.63) is 49.6 Å². The average Bonchev–Trinajstić information content (AvgIpc) is 3.26. The molecule has 0 aromatic carbocycles. The number of rotatable bonds is 4. The number of aryl methyl sites for hydroxylation is 1. The highest BCUT2D eigenvalue weighted by Crippen LogP contribution is 2.09. The Morgan fingerprint density at radius 1 is 1.32 bits per heavy atom. The number of nitrogens with one attached hydrogen (secondary N) is 1. The van der Waals surface area contributed by atoms with Crippen LogP contribution in [0.3, 0.4) is 0 Å². The van der Waals surface area contributed by atoms with Gasteiger partial charge in [-0.05, 0) is 18.4 Å². The summed E-state index contributed by atoms with van der Waals surface area (Å²) in [7, 11) is 2.91. The fraction of sp³-hybridized carbons (Fsp3) is 0.267. The van der Waals surface area contributed by atoms with E-state index in [0.29, 0.717) is 11.4 Å². The van der Waals surface area contributed by atoms with Crippen LogP contribution in [0, 0.1) is 0 Å². The van der Waals surface area contributed by atoms with Crippen LogP contribution in [0.25, 0.3) is 11.2 Å². The molecule has 3 aromatic heterocycles.